The maximum absolute atomic E-state index is 11.9. The molecule has 0 saturated carbocycles. The second-order valence-electron chi connectivity index (χ2n) is 4.51. The molecule has 0 aliphatic heterocycles. The molecule has 7 nitrogen and oxygen atoms in total. The number of amides is 3. The highest BCUT2D eigenvalue weighted by Crippen LogP contribution is 2.17. The van der Waals surface area contributed by atoms with Crippen molar-refractivity contribution in [1.29, 1.82) is 5.26 Å². The molecule has 0 bridgehead atoms. The number of nitrogens with two attached hydrogens (primary N) is 1. The van der Waals surface area contributed by atoms with Gasteiger partial charge < -0.3 is 21.1 Å². The molecular formula is C16H14N4O3. The van der Waals surface area contributed by atoms with Crippen molar-refractivity contribution < 1.29 is 14.3 Å². The zero-order chi connectivity index (χ0) is 16.7. The molecular weight excluding hydrogens is 296 g/mol. The molecule has 0 heterocycles. The van der Waals surface area contributed by atoms with Crippen LogP contribution in [0.3, 0.4) is 0 Å². The number of carbonyl (C=O) groups is 2. The van der Waals surface area contributed by atoms with E-state index in [4.69, 9.17) is 15.7 Å². The zero-order valence-electron chi connectivity index (χ0n) is 12.1. The van der Waals surface area contributed by atoms with E-state index in [1.807, 2.05) is 6.07 Å². The summed E-state index contributed by atoms with van der Waals surface area (Å²) in [6, 6.07) is 14.5. The molecule has 0 radical (unpaired) electrons. The predicted molar refractivity (Wildman–Crippen MR) is 84.9 cm³/mol. The summed E-state index contributed by atoms with van der Waals surface area (Å²) in [6.45, 7) is -0.244. The van der Waals surface area contributed by atoms with E-state index in [2.05, 4.69) is 10.6 Å². The van der Waals surface area contributed by atoms with Gasteiger partial charge in [-0.2, -0.15) is 5.26 Å². The van der Waals surface area contributed by atoms with Crippen molar-refractivity contribution in [3.63, 3.8) is 0 Å². The van der Waals surface area contributed by atoms with E-state index >= 15 is 0 Å². The molecule has 7 heteroatoms. The first-order valence-corrected chi connectivity index (χ1v) is 6.67. The van der Waals surface area contributed by atoms with Crippen LogP contribution in [-0.2, 0) is 4.79 Å². The first-order chi connectivity index (χ1) is 11.1. The number of anilines is 2. The van der Waals surface area contributed by atoms with Gasteiger partial charge in [-0.25, -0.2) is 4.79 Å². The van der Waals surface area contributed by atoms with Crippen LogP contribution in [0.2, 0.25) is 0 Å². The Morgan fingerprint density at radius 2 is 1.78 bits per heavy atom. The van der Waals surface area contributed by atoms with Crippen molar-refractivity contribution >= 4 is 23.3 Å². The molecule has 2 aromatic carbocycles. The number of nitrogens with one attached hydrogen (secondary N) is 2. The second kappa shape index (κ2) is 7.47. The van der Waals surface area contributed by atoms with Gasteiger partial charge in [0.2, 0.25) is 0 Å². The third-order valence-electron chi connectivity index (χ3n) is 2.78. The summed E-state index contributed by atoms with van der Waals surface area (Å²) in [6.07, 6.45) is 0. The number of rotatable bonds is 5. The topological polar surface area (TPSA) is 117 Å². The lowest BCUT2D eigenvalue weighted by atomic mass is 10.2. The fraction of sp³-hybridized carbons (Fsp3) is 0.0625. The number of benzene rings is 2. The number of urea groups is 1. The highest BCUT2D eigenvalue weighted by molar-refractivity contribution is 5.93. The van der Waals surface area contributed by atoms with Crippen LogP contribution in [0.4, 0.5) is 16.2 Å². The van der Waals surface area contributed by atoms with Gasteiger partial charge in [0.1, 0.15) is 11.8 Å². The van der Waals surface area contributed by atoms with Crippen LogP contribution in [0.25, 0.3) is 0 Å². The van der Waals surface area contributed by atoms with E-state index in [1.54, 1.807) is 48.5 Å². The van der Waals surface area contributed by atoms with Crippen molar-refractivity contribution in [3.05, 3.63) is 54.1 Å². The van der Waals surface area contributed by atoms with Gasteiger partial charge in [0.15, 0.2) is 6.61 Å². The molecule has 0 aliphatic carbocycles. The SMILES string of the molecule is N#Cc1ccccc1OCC(=O)Nc1cccc(NC(N)=O)c1. The number of nitriles is 1. The van der Waals surface area contributed by atoms with Crippen LogP contribution >= 0.6 is 0 Å². The fourth-order valence-corrected chi connectivity index (χ4v) is 1.84. The number of ether oxygens (including phenoxy) is 1. The standard InChI is InChI=1S/C16H14N4O3/c17-9-11-4-1-2-7-14(11)23-10-15(21)19-12-5-3-6-13(8-12)20-16(18)22/h1-8H,10H2,(H,19,21)(H3,18,20,22). The first kappa shape index (κ1) is 15.9. The van der Waals surface area contributed by atoms with E-state index in [0.717, 1.165) is 0 Å². The summed E-state index contributed by atoms with van der Waals surface area (Å²) in [7, 11) is 0. The lowest BCUT2D eigenvalue weighted by Crippen LogP contribution is -2.21. The van der Waals surface area contributed by atoms with E-state index in [9.17, 15) is 9.59 Å². The van der Waals surface area contributed by atoms with Crippen LogP contribution in [0.15, 0.2) is 48.5 Å². The Bertz CT molecular complexity index is 768. The normalized spacial score (nSPS) is 9.52. The van der Waals surface area contributed by atoms with Crippen LogP contribution in [-0.4, -0.2) is 18.5 Å². The highest BCUT2D eigenvalue weighted by Gasteiger charge is 2.07. The number of carbonyl (C=O) groups excluding carboxylic acids is 2. The third-order valence-corrected chi connectivity index (χ3v) is 2.78. The number of hydrogen-bond donors (Lipinski definition) is 3. The van der Waals surface area contributed by atoms with Gasteiger partial charge in [0, 0.05) is 11.4 Å². The van der Waals surface area contributed by atoms with Gasteiger partial charge in [-0.15, -0.1) is 0 Å². The number of primary amides is 1. The molecule has 2 aromatic rings. The Kier molecular flexibility index (Phi) is 5.15. The van der Waals surface area contributed by atoms with E-state index in [1.165, 1.54) is 0 Å². The van der Waals surface area contributed by atoms with Gasteiger partial charge >= 0.3 is 6.03 Å². The highest BCUT2D eigenvalue weighted by atomic mass is 16.5. The molecule has 0 fully saturated rings. The molecule has 4 N–H and O–H groups in total. The number of nitrogens with zero attached hydrogens (tertiary/aromatic N) is 1. The number of para-hydroxylation sites is 1. The minimum atomic E-state index is -0.690. The maximum Gasteiger partial charge on any atom is 0.316 e. The minimum absolute atomic E-state index is 0.244. The first-order valence-electron chi connectivity index (χ1n) is 6.67. The van der Waals surface area contributed by atoms with Gasteiger partial charge in [0.05, 0.1) is 5.56 Å². The Hall–Kier alpha value is -3.53. The van der Waals surface area contributed by atoms with Crippen molar-refractivity contribution in [3.8, 4) is 11.8 Å². The molecule has 23 heavy (non-hydrogen) atoms. The quantitative estimate of drug-likeness (QED) is 0.783. The summed E-state index contributed by atoms with van der Waals surface area (Å²) in [5.41, 5.74) is 6.33. The molecule has 0 aliphatic rings. The van der Waals surface area contributed by atoms with Crippen LogP contribution in [0.1, 0.15) is 5.56 Å². The van der Waals surface area contributed by atoms with Crippen molar-refractivity contribution in [2.24, 2.45) is 5.73 Å². The molecule has 0 aromatic heterocycles. The average molecular weight is 310 g/mol. The van der Waals surface area contributed by atoms with Crippen LogP contribution in [0.5, 0.6) is 5.75 Å². The predicted octanol–water partition coefficient (Wildman–Crippen LogP) is 2.07. The Morgan fingerprint density at radius 3 is 2.48 bits per heavy atom. The monoisotopic (exact) mass is 310 g/mol. The van der Waals surface area contributed by atoms with E-state index < -0.39 is 11.9 Å². The van der Waals surface area contributed by atoms with Crippen molar-refractivity contribution in [2.45, 2.75) is 0 Å². The van der Waals surface area contributed by atoms with Crippen molar-refractivity contribution in [1.82, 2.24) is 0 Å². The summed E-state index contributed by atoms with van der Waals surface area (Å²) in [5.74, 6) is -0.0525. The maximum atomic E-state index is 11.9. The molecule has 2 rings (SSSR count). The Morgan fingerprint density at radius 1 is 1.09 bits per heavy atom. The summed E-state index contributed by atoms with van der Waals surface area (Å²) in [4.78, 5) is 22.7. The van der Waals surface area contributed by atoms with Crippen molar-refractivity contribution in [2.75, 3.05) is 17.2 Å². The smallest absolute Gasteiger partial charge is 0.316 e. The van der Waals surface area contributed by atoms with E-state index in [-0.39, 0.29) is 6.61 Å². The lowest BCUT2D eigenvalue weighted by Gasteiger charge is -2.09. The number of hydrogen-bond acceptors (Lipinski definition) is 4. The lowest BCUT2D eigenvalue weighted by molar-refractivity contribution is -0.118. The largest absolute Gasteiger partial charge is 0.482 e. The van der Waals surface area contributed by atoms with Gasteiger partial charge in [0.25, 0.3) is 5.91 Å². The van der Waals surface area contributed by atoms with Gasteiger partial charge in [-0.1, -0.05) is 18.2 Å². The van der Waals surface area contributed by atoms with Gasteiger partial charge in [-0.3, -0.25) is 4.79 Å². The van der Waals surface area contributed by atoms with E-state index in [0.29, 0.717) is 22.7 Å². The summed E-state index contributed by atoms with van der Waals surface area (Å²) in [5, 5.41) is 14.0. The average Bonchev–Trinajstić information content (AvgIpc) is 2.53. The molecule has 3 amide bonds. The van der Waals surface area contributed by atoms with Crippen LogP contribution in [0, 0.1) is 11.3 Å². The molecule has 0 atom stereocenters. The van der Waals surface area contributed by atoms with Gasteiger partial charge in [-0.05, 0) is 30.3 Å². The Balaban J connectivity index is 1.95. The Labute approximate surface area is 132 Å². The summed E-state index contributed by atoms with van der Waals surface area (Å²) < 4.78 is 5.33. The molecule has 0 unspecified atom stereocenters. The second-order valence-corrected chi connectivity index (χ2v) is 4.51. The molecule has 116 valence electrons. The summed E-state index contributed by atoms with van der Waals surface area (Å²) >= 11 is 0. The fourth-order valence-electron chi connectivity index (χ4n) is 1.84. The molecule has 0 saturated heterocycles. The zero-order valence-corrected chi connectivity index (χ0v) is 12.1. The third kappa shape index (κ3) is 4.75. The van der Waals surface area contributed by atoms with Crippen LogP contribution < -0.4 is 21.1 Å². The molecule has 0 spiro atoms. The minimum Gasteiger partial charge on any atom is -0.482 e.